The highest BCUT2D eigenvalue weighted by Crippen LogP contribution is 2.37. The first-order valence-corrected chi connectivity index (χ1v) is 25.2. The highest BCUT2D eigenvalue weighted by molar-refractivity contribution is 8.78. The summed E-state index contributed by atoms with van der Waals surface area (Å²) < 4.78 is 28.0. The van der Waals surface area contributed by atoms with Crippen molar-refractivity contribution in [1.29, 1.82) is 0 Å². The number of benzene rings is 1. The van der Waals surface area contributed by atoms with Crippen molar-refractivity contribution in [3.05, 3.63) is 43.5 Å². The number of nitrogens with two attached hydrogens (primary N) is 1. The molecule has 0 spiro atoms. The van der Waals surface area contributed by atoms with E-state index in [-0.39, 0.29) is 14.9 Å². The van der Waals surface area contributed by atoms with Crippen LogP contribution < -0.4 is 15.3 Å². The fourth-order valence-corrected chi connectivity index (χ4v) is 18.5. The first-order chi connectivity index (χ1) is 17.1. The lowest BCUT2D eigenvalue weighted by Gasteiger charge is -1.91. The van der Waals surface area contributed by atoms with Gasteiger partial charge in [0.05, 0.1) is 22.3 Å². The summed E-state index contributed by atoms with van der Waals surface area (Å²) in [5.41, 5.74) is 5.52. The van der Waals surface area contributed by atoms with Gasteiger partial charge in [0.2, 0.25) is 14.0 Å². The summed E-state index contributed by atoms with van der Waals surface area (Å²) >= 11 is 13.9. The maximum atomic E-state index is 11.2. The van der Waals surface area contributed by atoms with Gasteiger partial charge in [-0.1, -0.05) is 12.1 Å². The van der Waals surface area contributed by atoms with E-state index in [9.17, 15) is 18.0 Å². The predicted molar refractivity (Wildman–Crippen MR) is 177 cm³/mol. The zero-order valence-corrected chi connectivity index (χ0v) is 29.4. The summed E-state index contributed by atoms with van der Waals surface area (Å²) in [6.07, 6.45) is 0. The molecule has 0 amide bonds. The van der Waals surface area contributed by atoms with Crippen molar-refractivity contribution in [1.82, 2.24) is 9.97 Å². The van der Waals surface area contributed by atoms with Gasteiger partial charge in [0.15, 0.2) is 9.09 Å². The fourth-order valence-electron chi connectivity index (χ4n) is 1.66. The second-order valence-corrected chi connectivity index (χ2v) is 24.0. The van der Waals surface area contributed by atoms with E-state index < -0.39 is 8.87 Å². The van der Waals surface area contributed by atoms with E-state index in [2.05, 4.69) is 44.6 Å². The van der Waals surface area contributed by atoms with Crippen LogP contribution in [0.2, 0.25) is 0 Å². The monoisotopic (exact) mass is 769 g/mol. The van der Waals surface area contributed by atoms with Crippen LogP contribution in [0.5, 0.6) is 5.19 Å². The number of ether oxygens (including phenoxy) is 1. The molecular formula is C13H11N3O5S15. The minimum atomic E-state index is -3.39. The van der Waals surface area contributed by atoms with Gasteiger partial charge in [0.1, 0.15) is 0 Å². The topological polar surface area (TPSA) is 129 Å². The van der Waals surface area contributed by atoms with Crippen molar-refractivity contribution >= 4 is 159 Å². The maximum Gasteiger partial charge on any atom is 0.340 e. The molecule has 23 heteroatoms. The molecule has 3 heterocycles. The van der Waals surface area contributed by atoms with E-state index in [0.29, 0.717) is 37.2 Å². The zero-order valence-electron chi connectivity index (χ0n) is 17.2. The van der Waals surface area contributed by atoms with Crippen LogP contribution in [0.15, 0.2) is 34.0 Å². The van der Waals surface area contributed by atoms with Gasteiger partial charge in [-0.2, -0.15) is 9.97 Å². The molecule has 0 bridgehead atoms. The van der Waals surface area contributed by atoms with Crippen molar-refractivity contribution in [3.8, 4) is 5.19 Å². The van der Waals surface area contributed by atoms with Crippen LogP contribution >= 0.6 is 64.4 Å². The van der Waals surface area contributed by atoms with Gasteiger partial charge in [0, 0.05) is 81.2 Å². The van der Waals surface area contributed by atoms with Crippen LogP contribution in [0.25, 0.3) is 0 Å². The van der Waals surface area contributed by atoms with Crippen LogP contribution in [0, 0.1) is 3.95 Å². The molecule has 4 rings (SSSR count). The Morgan fingerprint density at radius 2 is 1.61 bits per heavy atom. The minimum Gasteiger partial charge on any atom is -0.470 e. The number of nitrogen functional groups attached to an aromatic ring is 1. The van der Waals surface area contributed by atoms with E-state index >= 15 is 0 Å². The van der Waals surface area contributed by atoms with Crippen molar-refractivity contribution < 1.29 is 17.9 Å². The van der Waals surface area contributed by atoms with Gasteiger partial charge >= 0.3 is 4.87 Å². The van der Waals surface area contributed by atoms with Gasteiger partial charge in [-0.15, -0.1) is 0 Å². The summed E-state index contributed by atoms with van der Waals surface area (Å²) in [7, 11) is 11.3. The largest absolute Gasteiger partial charge is 0.470 e. The summed E-state index contributed by atoms with van der Waals surface area (Å²) in [6, 6.07) is 6.23. The molecule has 1 aromatic carbocycles. The fraction of sp³-hybridized carbons (Fsp3) is 0.154. The maximum absolute atomic E-state index is 11.2. The molecule has 0 radical (unpaired) electrons. The molecule has 8 nitrogen and oxygen atoms in total. The van der Waals surface area contributed by atoms with E-state index in [1.807, 2.05) is 6.92 Å². The number of carbonyl (C=O) groups excluding carboxylic acids is 1. The highest BCUT2D eigenvalue weighted by atomic mass is 33.4. The predicted octanol–water partition coefficient (Wildman–Crippen LogP) is 3.72. The van der Waals surface area contributed by atoms with E-state index in [1.165, 1.54) is 60.9 Å². The van der Waals surface area contributed by atoms with Crippen molar-refractivity contribution in [2.24, 2.45) is 0 Å². The average molecular weight is 770 g/mol. The summed E-state index contributed by atoms with van der Waals surface area (Å²) in [6.45, 7) is 2.43. The highest BCUT2D eigenvalue weighted by Gasteiger charge is 2.33. The Morgan fingerprint density at radius 3 is 2.03 bits per heavy atom. The molecule has 0 unspecified atom stereocenters. The normalized spacial score (nSPS) is 12.0. The molecule has 198 valence electrons. The third-order valence-corrected chi connectivity index (χ3v) is 21.2. The van der Waals surface area contributed by atoms with E-state index in [4.69, 9.17) is 10.5 Å². The third kappa shape index (κ3) is 14.1. The molecule has 0 saturated heterocycles. The Bertz CT molecular complexity index is 1600. The number of hydrogen-bond acceptors (Lipinski definition) is 16. The summed E-state index contributed by atoms with van der Waals surface area (Å²) in [5, 5.41) is 0.660. The number of nitrogens with zero attached hydrogens (tertiary/aromatic N) is 2. The summed E-state index contributed by atoms with van der Waals surface area (Å²) in [5.74, 6) is 0. The quantitative estimate of drug-likeness (QED) is 0.302. The molecule has 2 aromatic heterocycles. The molecule has 0 fully saturated rings. The molecule has 36 heavy (non-hydrogen) atoms. The van der Waals surface area contributed by atoms with Gasteiger partial charge < -0.3 is 10.5 Å². The van der Waals surface area contributed by atoms with Crippen molar-refractivity contribution in [2.45, 2.75) is 11.8 Å². The lowest BCUT2D eigenvalue weighted by Crippen LogP contribution is -1.96. The van der Waals surface area contributed by atoms with E-state index in [1.54, 1.807) is 47.7 Å². The standard InChI is InChI=1S/C7H4O3S2.C4H5NO2S2.C2H2N2S3.S8/c8-7-5-3-1-2-4-6(5)12(9,10)11-7;1-2-7-4-5-3(6)8-9-4;3-1-4-2(5)7-6-1;1-3-5-7-8-6-4-2/h1-4H;2H2,1H3;(H2,3,4,5);. The Kier molecular flexibility index (Phi) is 18.8. The van der Waals surface area contributed by atoms with Crippen molar-refractivity contribution in [3.63, 3.8) is 0 Å². The number of aromatic nitrogens is 2. The zero-order chi connectivity index (χ0) is 27.0. The molecule has 1 aliphatic heterocycles. The number of carbonyl (C=O) groups is 1. The van der Waals surface area contributed by atoms with Gasteiger partial charge in [0.25, 0.3) is 5.19 Å². The molecule has 1 aliphatic rings. The molecule has 2 N–H and O–H groups in total. The van der Waals surface area contributed by atoms with Crippen LogP contribution in [-0.4, -0.2) is 30.1 Å². The van der Waals surface area contributed by atoms with Crippen molar-refractivity contribution in [2.75, 3.05) is 12.3 Å². The first-order valence-electron chi connectivity index (χ1n) is 8.30. The van der Waals surface area contributed by atoms with Gasteiger partial charge in [-0.25, -0.2) is 8.42 Å². The minimum absolute atomic E-state index is 0.139. The second kappa shape index (κ2) is 19.6. The molecule has 3 aromatic rings. The van der Waals surface area contributed by atoms with Crippen LogP contribution in [0.1, 0.15) is 17.3 Å². The third-order valence-electron chi connectivity index (χ3n) is 2.74. The van der Waals surface area contributed by atoms with Gasteiger partial charge in [-0.3, -0.25) is 9.59 Å². The lowest BCUT2D eigenvalue weighted by atomic mass is 10.2. The Labute approximate surface area is 256 Å². The second-order valence-electron chi connectivity index (χ2n) is 4.86. The number of anilines is 1. The Balaban J connectivity index is 0.000000246. The molecular weight excluding hydrogens is 759 g/mol. The average Bonchev–Trinajstić information content (AvgIpc) is 3.50. The number of rotatable bonds is 2. The first kappa shape index (κ1) is 34.6. The molecule has 0 atom stereocenters. The summed E-state index contributed by atoms with van der Waals surface area (Å²) in [4.78, 5) is 28.7. The number of fused-ring (bicyclic) bond motifs is 1. The van der Waals surface area contributed by atoms with Gasteiger partial charge in [-0.05, 0) is 72.6 Å². The van der Waals surface area contributed by atoms with Crippen LogP contribution in [0.4, 0.5) is 5.13 Å². The van der Waals surface area contributed by atoms with E-state index in [0.717, 1.165) is 10.3 Å². The molecule has 0 saturated carbocycles. The molecule has 0 aliphatic carbocycles. The smallest absolute Gasteiger partial charge is 0.340 e. The van der Waals surface area contributed by atoms with Crippen LogP contribution in [-0.2, 0) is 84.5 Å². The van der Waals surface area contributed by atoms with Crippen LogP contribution in [0.3, 0.4) is 0 Å². The SMILES string of the molecule is CCOc1nc(=O)ss1.Nc1nc(=S)ss1.O=C1SS(=O)(=O)c2ccccc21.S=S=S=S=S=S=S=S. The Morgan fingerprint density at radius 1 is 0.972 bits per heavy atom. The number of hydrogen-bond donors (Lipinski definition) is 1. The Hall–Kier alpha value is 0.530. The lowest BCUT2D eigenvalue weighted by molar-refractivity contribution is 0.108.